The van der Waals surface area contributed by atoms with Crippen LogP contribution in [0.25, 0.3) is 22.5 Å². The summed E-state index contributed by atoms with van der Waals surface area (Å²) in [6.07, 6.45) is 15.2. The number of aryl methyl sites for hydroxylation is 1. The van der Waals surface area contributed by atoms with Crippen molar-refractivity contribution in [2.24, 2.45) is 5.92 Å². The summed E-state index contributed by atoms with van der Waals surface area (Å²) >= 11 is 0. The number of hydrogen-bond donors (Lipinski definition) is 4. The fourth-order valence-corrected chi connectivity index (χ4v) is 18.1. The van der Waals surface area contributed by atoms with Crippen LogP contribution in [0.3, 0.4) is 0 Å². The Morgan fingerprint density at radius 3 is 1.12 bits per heavy atom. The van der Waals surface area contributed by atoms with E-state index in [1.807, 2.05) is 113 Å². The van der Waals surface area contributed by atoms with Gasteiger partial charge in [0.1, 0.15) is 66.9 Å². The van der Waals surface area contributed by atoms with E-state index in [0.29, 0.717) is 52.5 Å². The van der Waals surface area contributed by atoms with Gasteiger partial charge in [0.05, 0.1) is 57.5 Å². The van der Waals surface area contributed by atoms with Crippen LogP contribution < -0.4 is 23.7 Å². The van der Waals surface area contributed by atoms with Crippen molar-refractivity contribution in [3.63, 3.8) is 0 Å². The second kappa shape index (κ2) is 45.9. The minimum atomic E-state index is -0.536. The normalized spacial score (nSPS) is 17.0. The number of aromatic nitrogens is 4. The fraction of sp³-hybridized carbons (Fsp3) is 0.377. The molecule has 5 aliphatic heterocycles. The molecule has 0 bridgehead atoms. The van der Waals surface area contributed by atoms with Crippen molar-refractivity contribution in [2.75, 3.05) is 106 Å². The average Bonchev–Trinajstić information content (AvgIpc) is 1.84. The molecule has 10 aromatic carbocycles. The van der Waals surface area contributed by atoms with E-state index in [2.05, 4.69) is 205 Å². The average molecular weight is 1690 g/mol. The second-order valence-electron chi connectivity index (χ2n) is 34.4. The Kier molecular flexibility index (Phi) is 32.7. The van der Waals surface area contributed by atoms with Crippen LogP contribution in [0.1, 0.15) is 105 Å². The van der Waals surface area contributed by atoms with E-state index in [1.165, 1.54) is 87.7 Å². The Bertz CT molecular complexity index is 5020. The zero-order chi connectivity index (χ0) is 85.7. The van der Waals surface area contributed by atoms with Gasteiger partial charge in [0.15, 0.2) is 0 Å². The number of aliphatic hydroxyl groups is 4. The van der Waals surface area contributed by atoms with E-state index < -0.39 is 24.4 Å². The third kappa shape index (κ3) is 26.9. The number of hydrogen-bond acceptors (Lipinski definition) is 17. The van der Waals surface area contributed by atoms with Gasteiger partial charge in [0.25, 0.3) is 0 Å². The maximum absolute atomic E-state index is 10.5. The molecular weight excluding hydrogens is 1560 g/mol. The highest BCUT2D eigenvalue weighted by atomic mass is 16.5. The number of fused-ring (bicyclic) bond motifs is 4. The summed E-state index contributed by atoms with van der Waals surface area (Å²) in [5.41, 5.74) is 20.4. The number of methoxy groups -OCH3 is 2. The van der Waals surface area contributed by atoms with Crippen molar-refractivity contribution in [3.8, 4) is 51.3 Å². The minimum Gasteiger partial charge on any atom is -0.497 e. The number of β-amino-alcohol motifs (C(OH)–C–C–N with tert-alkyl or cyclic N) is 4. The Hall–Kier alpha value is -10.8. The van der Waals surface area contributed by atoms with Crippen LogP contribution in [0.5, 0.6) is 28.7 Å². The number of aliphatic hydroxyl groups excluding tert-OH is 4. The number of ether oxygens (including phenoxy) is 6. The van der Waals surface area contributed by atoms with Gasteiger partial charge in [-0.2, -0.15) is 10.2 Å². The van der Waals surface area contributed by atoms with Crippen molar-refractivity contribution in [2.45, 2.75) is 147 Å². The van der Waals surface area contributed by atoms with E-state index in [1.54, 1.807) is 14.2 Å². The van der Waals surface area contributed by atoms with E-state index >= 15 is 0 Å². The summed E-state index contributed by atoms with van der Waals surface area (Å²) in [5, 5.41) is 51.0. The highest BCUT2D eigenvalue weighted by Gasteiger charge is 2.28. The van der Waals surface area contributed by atoms with Gasteiger partial charge in [-0.25, -0.2) is 0 Å². The SMILES string of the molecule is COc1ccc(Cn2nccc2-c2ccc(OC[C@@H](O)CN3CCc4ccccc4C3)cc2)cc1.COc1ccc(Cn2nccc2-c2ccc(OC[C@H](O)CN3CCc4ccccc4C3)cc2)cc1.OC(COC1CCN(Cc2ccccc2)C1)CN1CCc2ccccc2C1.OC(COc1cccc(CCC2CCCC2)c1)CN1CCc2ccccc2C1. The molecule has 18 rings (SSSR count). The van der Waals surface area contributed by atoms with Crippen LogP contribution in [0.2, 0.25) is 0 Å². The van der Waals surface area contributed by atoms with Gasteiger partial charge in [-0.05, 0) is 215 Å². The summed E-state index contributed by atoms with van der Waals surface area (Å²) < 4.78 is 38.2. The third-order valence-corrected chi connectivity index (χ3v) is 25.0. The van der Waals surface area contributed by atoms with Crippen LogP contribution in [-0.4, -0.2) is 201 Å². The maximum Gasteiger partial charge on any atom is 0.119 e. The Balaban J connectivity index is 0.000000130. The van der Waals surface area contributed by atoms with Crippen LogP contribution in [0, 0.1) is 5.92 Å². The van der Waals surface area contributed by atoms with Gasteiger partial charge >= 0.3 is 0 Å². The minimum absolute atomic E-state index is 0.241. The zero-order valence-electron chi connectivity index (χ0n) is 72.8. The number of likely N-dealkylation sites (tertiary alicyclic amines) is 1. The molecular formula is C106H125N9O10. The monoisotopic (exact) mass is 1680 g/mol. The molecule has 12 aromatic rings. The summed E-state index contributed by atoms with van der Waals surface area (Å²) in [6, 6.07) is 89.4. The lowest BCUT2D eigenvalue weighted by Gasteiger charge is -2.30. The first-order chi connectivity index (χ1) is 61.4. The molecule has 7 heterocycles. The topological polar surface area (TPSA) is 188 Å². The first-order valence-corrected chi connectivity index (χ1v) is 45.1. The van der Waals surface area contributed by atoms with Crippen LogP contribution >= 0.6 is 0 Å². The molecule has 6 aliphatic rings. The van der Waals surface area contributed by atoms with E-state index in [9.17, 15) is 20.4 Å². The Morgan fingerprint density at radius 2 is 0.704 bits per heavy atom. The molecule has 2 aromatic heterocycles. The Labute approximate surface area is 739 Å². The molecule has 5 atom stereocenters. The van der Waals surface area contributed by atoms with E-state index in [4.69, 9.17) is 28.4 Å². The molecule has 2 fully saturated rings. The first-order valence-electron chi connectivity index (χ1n) is 45.1. The third-order valence-electron chi connectivity index (χ3n) is 25.0. The van der Waals surface area contributed by atoms with Crippen LogP contribution in [0.15, 0.2) is 273 Å². The molecule has 0 radical (unpaired) electrons. The van der Waals surface area contributed by atoms with Crippen molar-refractivity contribution in [1.82, 2.24) is 44.1 Å². The van der Waals surface area contributed by atoms with E-state index in [0.717, 1.165) is 179 Å². The van der Waals surface area contributed by atoms with Gasteiger partial charge in [-0.3, -0.25) is 33.9 Å². The zero-order valence-corrected chi connectivity index (χ0v) is 72.8. The quantitative estimate of drug-likeness (QED) is 0.0304. The summed E-state index contributed by atoms with van der Waals surface area (Å²) in [5.74, 6) is 4.98. The number of rotatable bonds is 33. The highest BCUT2D eigenvalue weighted by molar-refractivity contribution is 5.61. The smallest absolute Gasteiger partial charge is 0.119 e. The van der Waals surface area contributed by atoms with Gasteiger partial charge in [-0.1, -0.05) is 189 Å². The van der Waals surface area contributed by atoms with E-state index in [-0.39, 0.29) is 19.3 Å². The standard InChI is InChI=1S/2C29H31N3O3.C25H33NO2.C23H30N2O2/c2*1-34-27-10-6-22(7-11-27)18-32-29(14-16-30-32)24-8-12-28(13-9-24)35-21-26(33)20-31-17-15-23-4-2-3-5-25(23)19-31;27-24(18-26-15-14-22-9-3-4-10-23(22)17-26)19-28-25-11-5-8-21(16-25)13-12-20-6-1-2-7-20;26-22(16-25-12-10-20-8-4-5-9-21(20)15-25)18-27-23-11-13-24(17-23)14-19-6-2-1-3-7-19/h2*2-14,16,26,33H,15,17-21H2,1H3;3-5,8-11,16,20,24,27H,1-2,6-7,12-15,17-19H2;1-9,22-23,26H,10-18H2/t2*26-;;/m10../s1. The molecule has 0 spiro atoms. The van der Waals surface area contributed by atoms with Gasteiger partial charge in [-0.15, -0.1) is 0 Å². The second-order valence-corrected chi connectivity index (χ2v) is 34.4. The maximum atomic E-state index is 10.5. The summed E-state index contributed by atoms with van der Waals surface area (Å²) in [7, 11) is 3.34. The lowest BCUT2D eigenvalue weighted by Crippen LogP contribution is -2.39. The molecule has 125 heavy (non-hydrogen) atoms. The van der Waals surface area contributed by atoms with Gasteiger partial charge in [0, 0.05) is 122 Å². The van der Waals surface area contributed by atoms with Crippen molar-refractivity contribution >= 4 is 0 Å². The molecule has 19 nitrogen and oxygen atoms in total. The first kappa shape index (κ1) is 89.1. The molecule has 19 heteroatoms. The molecule has 4 N–H and O–H groups in total. The molecule has 654 valence electrons. The van der Waals surface area contributed by atoms with Crippen molar-refractivity contribution < 1.29 is 48.8 Å². The molecule has 0 amide bonds. The largest absolute Gasteiger partial charge is 0.497 e. The number of benzene rings is 10. The molecule has 1 aliphatic carbocycles. The predicted molar refractivity (Wildman–Crippen MR) is 495 cm³/mol. The highest BCUT2D eigenvalue weighted by Crippen LogP contribution is 2.32. The van der Waals surface area contributed by atoms with Crippen molar-refractivity contribution in [1.29, 1.82) is 0 Å². The summed E-state index contributed by atoms with van der Waals surface area (Å²) in [4.78, 5) is 11.7. The van der Waals surface area contributed by atoms with Crippen LogP contribution in [-0.2, 0) is 82.7 Å². The lowest BCUT2D eigenvalue weighted by molar-refractivity contribution is -0.0188. The molecule has 3 unspecified atom stereocenters. The van der Waals surface area contributed by atoms with Crippen LogP contribution in [0.4, 0.5) is 0 Å². The lowest BCUT2D eigenvalue weighted by atomic mass is 9.98. The Morgan fingerprint density at radius 1 is 0.336 bits per heavy atom. The van der Waals surface area contributed by atoms with Crippen molar-refractivity contribution in [3.05, 3.63) is 340 Å². The number of nitrogens with zero attached hydrogens (tertiary/aromatic N) is 9. The fourth-order valence-electron chi connectivity index (χ4n) is 18.1. The predicted octanol–water partition coefficient (Wildman–Crippen LogP) is 16.1. The molecule has 1 saturated carbocycles. The molecule has 1 saturated heterocycles. The van der Waals surface area contributed by atoms with Gasteiger partial charge < -0.3 is 48.8 Å². The van der Waals surface area contributed by atoms with Gasteiger partial charge in [0.2, 0.25) is 0 Å². The summed E-state index contributed by atoms with van der Waals surface area (Å²) in [6.45, 7) is 15.8.